The molecule has 10 nitrogen and oxygen atoms in total. The van der Waals surface area contributed by atoms with Crippen molar-refractivity contribution in [1.82, 2.24) is 24.8 Å². The lowest BCUT2D eigenvalue weighted by Crippen LogP contribution is -2.34. The topological polar surface area (TPSA) is 111 Å². The molecule has 0 fully saturated rings. The summed E-state index contributed by atoms with van der Waals surface area (Å²) in [5.74, 6) is 1.67. The molecular formula is C41H37F3N6O4. The van der Waals surface area contributed by atoms with E-state index in [4.69, 9.17) is 14.5 Å². The largest absolute Gasteiger partial charge is 0.497 e. The van der Waals surface area contributed by atoms with Crippen LogP contribution in [0.5, 0.6) is 11.5 Å². The van der Waals surface area contributed by atoms with Crippen molar-refractivity contribution in [3.8, 4) is 11.5 Å². The molecule has 0 aliphatic carbocycles. The molecule has 6 rings (SSSR count). The van der Waals surface area contributed by atoms with Gasteiger partial charge in [-0.3, -0.25) is 14.6 Å². The smallest absolute Gasteiger partial charge is 0.417 e. The van der Waals surface area contributed by atoms with Crippen LogP contribution in [0, 0.1) is 0 Å². The number of halogens is 3. The van der Waals surface area contributed by atoms with Crippen molar-refractivity contribution in [2.45, 2.75) is 45.7 Å². The third-order valence-corrected chi connectivity index (χ3v) is 8.98. The van der Waals surface area contributed by atoms with Crippen LogP contribution in [0.15, 0.2) is 110 Å². The molecule has 0 N–H and O–H groups in total. The Labute approximate surface area is 310 Å². The summed E-state index contributed by atoms with van der Waals surface area (Å²) < 4.78 is 50.4. The van der Waals surface area contributed by atoms with E-state index in [9.17, 15) is 22.8 Å². The van der Waals surface area contributed by atoms with E-state index >= 15 is 0 Å². The molecule has 3 aromatic carbocycles. The molecule has 1 amide bonds. The Morgan fingerprint density at radius 1 is 0.778 bits per heavy atom. The Morgan fingerprint density at radius 2 is 1.39 bits per heavy atom. The van der Waals surface area contributed by atoms with Crippen molar-refractivity contribution < 1.29 is 32.2 Å². The highest BCUT2D eigenvalue weighted by molar-refractivity contribution is 6.09. The fraction of sp³-hybridized carbons (Fsp3) is 0.220. The number of ether oxygens (including phenoxy) is 2. The number of anilines is 1. The quantitative estimate of drug-likeness (QED) is 0.108. The van der Waals surface area contributed by atoms with Gasteiger partial charge in [-0.25, -0.2) is 15.0 Å². The monoisotopic (exact) mass is 734 g/mol. The van der Waals surface area contributed by atoms with Crippen molar-refractivity contribution in [2.24, 2.45) is 0 Å². The number of fused-ring (bicyclic) bond motifs is 1. The summed E-state index contributed by atoms with van der Waals surface area (Å²) in [6.07, 6.45) is -0.722. The van der Waals surface area contributed by atoms with Crippen LogP contribution in [0.2, 0.25) is 0 Å². The van der Waals surface area contributed by atoms with Crippen LogP contribution in [-0.2, 0) is 25.8 Å². The maximum atomic E-state index is 14.3. The molecule has 1 unspecified atom stereocenters. The van der Waals surface area contributed by atoms with E-state index in [1.807, 2.05) is 48.5 Å². The number of rotatable bonds is 13. The molecule has 3 heterocycles. The third-order valence-electron chi connectivity index (χ3n) is 8.98. The average Bonchev–Trinajstić information content (AvgIpc) is 3.19. The van der Waals surface area contributed by atoms with Crippen LogP contribution in [0.1, 0.15) is 68.8 Å². The van der Waals surface area contributed by atoms with Gasteiger partial charge < -0.3 is 19.3 Å². The second kappa shape index (κ2) is 16.1. The molecule has 276 valence electrons. The van der Waals surface area contributed by atoms with Crippen molar-refractivity contribution in [2.75, 3.05) is 19.1 Å². The zero-order chi connectivity index (χ0) is 38.4. The number of pyridine rings is 2. The number of hydrogen-bond donors (Lipinski definition) is 0. The van der Waals surface area contributed by atoms with Gasteiger partial charge in [-0.05, 0) is 91.7 Å². The summed E-state index contributed by atoms with van der Waals surface area (Å²) >= 11 is 0. The van der Waals surface area contributed by atoms with Gasteiger partial charge in [0.25, 0.3) is 5.91 Å². The van der Waals surface area contributed by atoms with E-state index in [1.54, 1.807) is 63.9 Å². The lowest BCUT2D eigenvalue weighted by atomic mass is 10.0. The first-order chi connectivity index (χ1) is 25.9. The van der Waals surface area contributed by atoms with E-state index in [1.165, 1.54) is 17.9 Å². The molecule has 0 radical (unpaired) electrons. The number of aromatic nitrogens is 4. The molecule has 0 bridgehead atoms. The lowest BCUT2D eigenvalue weighted by Gasteiger charge is -2.28. The van der Waals surface area contributed by atoms with Crippen molar-refractivity contribution >= 4 is 28.4 Å². The molecule has 1 atom stereocenters. The second-order valence-corrected chi connectivity index (χ2v) is 12.6. The first kappa shape index (κ1) is 37.4. The maximum Gasteiger partial charge on any atom is 0.417 e. The molecule has 0 saturated heterocycles. The highest BCUT2D eigenvalue weighted by Crippen LogP contribution is 2.31. The van der Waals surface area contributed by atoms with Gasteiger partial charge in [0, 0.05) is 48.2 Å². The third kappa shape index (κ3) is 8.63. The van der Waals surface area contributed by atoms with Gasteiger partial charge in [-0.15, -0.1) is 0 Å². The predicted octanol–water partition coefficient (Wildman–Crippen LogP) is 8.27. The number of hydrogen-bond acceptors (Lipinski definition) is 9. The van der Waals surface area contributed by atoms with E-state index < -0.39 is 23.7 Å². The van der Waals surface area contributed by atoms with Gasteiger partial charge in [-0.2, -0.15) is 13.2 Å². The van der Waals surface area contributed by atoms with Gasteiger partial charge in [-0.1, -0.05) is 24.3 Å². The molecule has 0 aliphatic heterocycles. The number of Topliss-reactive ketones (excluding diaryl/α,β-unsaturated/α-hetero) is 1. The van der Waals surface area contributed by atoms with Crippen molar-refractivity contribution in [3.05, 3.63) is 149 Å². The summed E-state index contributed by atoms with van der Waals surface area (Å²) in [6, 6.07) is 25.2. The van der Waals surface area contributed by atoms with Gasteiger partial charge >= 0.3 is 6.18 Å². The van der Waals surface area contributed by atoms with Gasteiger partial charge in [0.05, 0.1) is 43.6 Å². The van der Waals surface area contributed by atoms with Gasteiger partial charge in [0.1, 0.15) is 23.1 Å². The van der Waals surface area contributed by atoms with Gasteiger partial charge in [0.2, 0.25) is 0 Å². The minimum Gasteiger partial charge on any atom is -0.497 e. The van der Waals surface area contributed by atoms with E-state index in [0.29, 0.717) is 41.2 Å². The molecule has 0 aliphatic rings. The van der Waals surface area contributed by atoms with Crippen molar-refractivity contribution in [1.29, 1.82) is 0 Å². The van der Waals surface area contributed by atoms with Crippen LogP contribution in [0.4, 0.5) is 19.0 Å². The fourth-order valence-corrected chi connectivity index (χ4v) is 6.00. The van der Waals surface area contributed by atoms with Crippen LogP contribution in [0.3, 0.4) is 0 Å². The first-order valence-corrected chi connectivity index (χ1v) is 17.0. The lowest BCUT2D eigenvalue weighted by molar-refractivity contribution is -0.137. The number of nitrogens with zero attached hydrogens (tertiary/aromatic N) is 6. The van der Waals surface area contributed by atoms with E-state index in [-0.39, 0.29) is 23.6 Å². The fourth-order valence-electron chi connectivity index (χ4n) is 6.00. The molecule has 0 saturated carbocycles. The Bertz CT molecular complexity index is 2180. The predicted molar refractivity (Wildman–Crippen MR) is 197 cm³/mol. The number of alkyl halides is 3. The van der Waals surface area contributed by atoms with E-state index in [2.05, 4.69) is 19.9 Å². The number of ketones is 1. The molecule has 0 spiro atoms. The maximum absolute atomic E-state index is 14.3. The van der Waals surface area contributed by atoms with Crippen LogP contribution >= 0.6 is 0 Å². The standard InChI is InChI=1S/C41H37F3N6O4/c1-26(39-45-18-5-19-46-39)50(25-32-12-11-31(22-47-32)41(42,43)44)40(52)30-10-17-37-36(20-30)35(27(2)51)21-38(48-37)49(23-28-6-13-33(53-3)14-7-28)24-29-8-15-34(54-4)16-9-29/h5-22,26H,23-25H2,1-4H3. The summed E-state index contributed by atoms with van der Waals surface area (Å²) in [5, 5.41) is 0.474. The Morgan fingerprint density at radius 3 is 1.91 bits per heavy atom. The summed E-state index contributed by atoms with van der Waals surface area (Å²) in [7, 11) is 3.22. The number of amides is 1. The van der Waals surface area contributed by atoms with Crippen LogP contribution in [0.25, 0.3) is 10.9 Å². The SMILES string of the molecule is COc1ccc(CN(Cc2ccc(OC)cc2)c2cc(C(C)=O)c3cc(C(=O)N(Cc4ccc(C(F)(F)F)cn4)C(C)c4ncccn4)ccc3n2)cc1. The van der Waals surface area contributed by atoms with Crippen LogP contribution < -0.4 is 14.4 Å². The molecule has 13 heteroatoms. The summed E-state index contributed by atoms with van der Waals surface area (Å²) in [5.41, 5.74) is 2.44. The first-order valence-electron chi connectivity index (χ1n) is 17.0. The number of carbonyl (C=O) groups excluding carboxylic acids is 2. The molecule has 3 aromatic heterocycles. The van der Waals surface area contributed by atoms with Crippen molar-refractivity contribution in [3.63, 3.8) is 0 Å². The zero-order valence-electron chi connectivity index (χ0n) is 30.0. The Balaban J connectivity index is 1.38. The Kier molecular flexibility index (Phi) is 11.2. The molecular weight excluding hydrogens is 697 g/mol. The molecule has 6 aromatic rings. The number of methoxy groups -OCH3 is 2. The number of carbonyl (C=O) groups is 2. The summed E-state index contributed by atoms with van der Waals surface area (Å²) in [4.78, 5) is 48.7. The normalized spacial score (nSPS) is 11.9. The van der Waals surface area contributed by atoms with Crippen LogP contribution in [-0.4, -0.2) is 50.7 Å². The van der Waals surface area contributed by atoms with E-state index in [0.717, 1.165) is 34.9 Å². The number of benzene rings is 3. The zero-order valence-corrected chi connectivity index (χ0v) is 30.0. The minimum absolute atomic E-state index is 0.128. The second-order valence-electron chi connectivity index (χ2n) is 12.6. The average molecular weight is 735 g/mol. The van der Waals surface area contributed by atoms with Gasteiger partial charge in [0.15, 0.2) is 5.78 Å². The highest BCUT2D eigenvalue weighted by Gasteiger charge is 2.31. The molecule has 54 heavy (non-hydrogen) atoms. The Hall–Kier alpha value is -6.37. The summed E-state index contributed by atoms with van der Waals surface area (Å²) in [6.45, 7) is 4.00. The minimum atomic E-state index is -4.55. The highest BCUT2D eigenvalue weighted by atomic mass is 19.4.